The van der Waals surface area contributed by atoms with E-state index in [0.717, 1.165) is 11.1 Å². The summed E-state index contributed by atoms with van der Waals surface area (Å²) in [4.78, 5) is 12.1. The maximum absolute atomic E-state index is 10.7. The smallest absolute Gasteiger partial charge is 0.320 e. The molecule has 7 heteroatoms. The van der Waals surface area contributed by atoms with Crippen molar-refractivity contribution in [1.29, 1.82) is 0 Å². The summed E-state index contributed by atoms with van der Waals surface area (Å²) >= 11 is 0. The number of hydrogen-bond acceptors (Lipinski definition) is 5. The molecule has 128 valence electrons. The highest BCUT2D eigenvalue weighted by atomic mass is 16.4. The van der Waals surface area contributed by atoms with Gasteiger partial charge in [-0.25, -0.2) is 0 Å². The van der Waals surface area contributed by atoms with E-state index in [9.17, 15) is 4.79 Å². The fourth-order valence-corrected chi connectivity index (χ4v) is 1.53. The second kappa shape index (κ2) is 11.3. The molecule has 7 nitrogen and oxygen atoms in total. The molecule has 1 unspecified atom stereocenters. The van der Waals surface area contributed by atoms with Crippen molar-refractivity contribution in [3.05, 3.63) is 29.8 Å². The minimum absolute atomic E-state index is 0.502. The zero-order valence-electron chi connectivity index (χ0n) is 14.7. The van der Waals surface area contributed by atoms with Gasteiger partial charge in [-0.15, -0.1) is 10.2 Å². The molecular formula is C16H27N5O2. The van der Waals surface area contributed by atoms with Crippen LogP contribution in [-0.4, -0.2) is 37.3 Å². The lowest BCUT2D eigenvalue weighted by molar-refractivity contribution is -0.139. The van der Waals surface area contributed by atoms with Gasteiger partial charge in [0.1, 0.15) is 6.04 Å². The van der Waals surface area contributed by atoms with Gasteiger partial charge in [-0.1, -0.05) is 52.0 Å². The third-order valence-electron chi connectivity index (χ3n) is 2.70. The Morgan fingerprint density at radius 1 is 1.22 bits per heavy atom. The summed E-state index contributed by atoms with van der Waals surface area (Å²) in [5, 5.41) is 23.5. The van der Waals surface area contributed by atoms with E-state index in [0.29, 0.717) is 12.4 Å². The first-order valence-corrected chi connectivity index (χ1v) is 7.86. The Balaban J connectivity index is 0.00000112. The quantitative estimate of drug-likeness (QED) is 0.879. The lowest BCUT2D eigenvalue weighted by Gasteiger charge is -2.09. The number of nitrogens with one attached hydrogen (secondary N) is 1. The van der Waals surface area contributed by atoms with Crippen LogP contribution in [0.3, 0.4) is 0 Å². The Morgan fingerprint density at radius 3 is 2.22 bits per heavy atom. The summed E-state index contributed by atoms with van der Waals surface area (Å²) in [6, 6.07) is 7.03. The molecule has 1 heterocycles. The molecule has 1 aromatic carbocycles. The van der Waals surface area contributed by atoms with Gasteiger partial charge < -0.3 is 10.4 Å². The highest BCUT2D eigenvalue weighted by Crippen LogP contribution is 2.14. The summed E-state index contributed by atoms with van der Waals surface area (Å²) in [5.41, 5.74) is 1.88. The van der Waals surface area contributed by atoms with E-state index in [1.807, 2.05) is 52.0 Å². The standard InChI is InChI=1S/C12H15N5O2.2C2H6/c1-8(12(18)19)13-7-9-3-5-10(6-4-9)11-14-16-17(2)15-11;2*1-2/h3-6,8,13H,7H2,1-2H3,(H,18,19);2*1-2H3. The molecule has 2 N–H and O–H groups in total. The van der Waals surface area contributed by atoms with Gasteiger partial charge in [-0.05, 0) is 17.7 Å². The number of benzene rings is 1. The lowest BCUT2D eigenvalue weighted by Crippen LogP contribution is -2.33. The molecule has 0 radical (unpaired) electrons. The van der Waals surface area contributed by atoms with E-state index in [4.69, 9.17) is 5.11 Å². The molecule has 0 saturated carbocycles. The summed E-state index contributed by atoms with van der Waals surface area (Å²) in [6.45, 7) is 10.1. The number of aliphatic carboxylic acids is 1. The molecule has 0 saturated heterocycles. The average Bonchev–Trinajstić information content (AvgIpc) is 3.03. The fourth-order valence-electron chi connectivity index (χ4n) is 1.53. The Bertz CT molecular complexity index is 566. The first kappa shape index (κ1) is 20.7. The van der Waals surface area contributed by atoms with Crippen LogP contribution in [0.1, 0.15) is 40.2 Å². The van der Waals surface area contributed by atoms with Crippen LogP contribution >= 0.6 is 0 Å². The number of hydrogen-bond donors (Lipinski definition) is 2. The monoisotopic (exact) mass is 321 g/mol. The molecular weight excluding hydrogens is 294 g/mol. The fraction of sp³-hybridized carbons (Fsp3) is 0.500. The number of carbonyl (C=O) groups is 1. The van der Waals surface area contributed by atoms with Crippen molar-refractivity contribution in [3.8, 4) is 11.4 Å². The molecule has 0 fully saturated rings. The number of aromatic nitrogens is 4. The van der Waals surface area contributed by atoms with Crippen LogP contribution in [0.2, 0.25) is 0 Å². The lowest BCUT2D eigenvalue weighted by atomic mass is 10.1. The van der Waals surface area contributed by atoms with Crippen LogP contribution < -0.4 is 5.32 Å². The molecule has 0 aliphatic carbocycles. The molecule has 1 aromatic heterocycles. The van der Waals surface area contributed by atoms with Gasteiger partial charge in [0, 0.05) is 12.1 Å². The second-order valence-electron chi connectivity index (χ2n) is 4.24. The molecule has 2 aromatic rings. The van der Waals surface area contributed by atoms with Crippen LogP contribution in [0.15, 0.2) is 24.3 Å². The maximum Gasteiger partial charge on any atom is 0.320 e. The number of carboxylic acids is 1. The second-order valence-corrected chi connectivity index (χ2v) is 4.24. The van der Waals surface area contributed by atoms with Crippen molar-refractivity contribution < 1.29 is 9.90 Å². The van der Waals surface area contributed by atoms with Gasteiger partial charge in [0.25, 0.3) is 0 Å². The predicted molar refractivity (Wildman–Crippen MR) is 90.9 cm³/mol. The summed E-state index contributed by atoms with van der Waals surface area (Å²) in [7, 11) is 1.71. The Morgan fingerprint density at radius 2 is 1.78 bits per heavy atom. The Labute approximate surface area is 137 Å². The highest BCUT2D eigenvalue weighted by Gasteiger charge is 2.09. The van der Waals surface area contributed by atoms with E-state index in [2.05, 4.69) is 20.7 Å². The van der Waals surface area contributed by atoms with E-state index < -0.39 is 12.0 Å². The summed E-state index contributed by atoms with van der Waals surface area (Å²) in [6.07, 6.45) is 0. The molecule has 1 atom stereocenters. The molecule has 2 rings (SSSR count). The van der Waals surface area contributed by atoms with Crippen LogP contribution in [-0.2, 0) is 18.4 Å². The van der Waals surface area contributed by atoms with Gasteiger partial charge in [-0.3, -0.25) is 4.79 Å². The Kier molecular flexibility index (Phi) is 10.2. The molecule has 0 amide bonds. The number of carboxylic acid groups (broad SMARTS) is 1. The number of rotatable bonds is 5. The van der Waals surface area contributed by atoms with Gasteiger partial charge in [0.05, 0.1) is 7.05 Å². The first-order valence-electron chi connectivity index (χ1n) is 7.86. The van der Waals surface area contributed by atoms with Gasteiger partial charge in [0.15, 0.2) is 0 Å². The topological polar surface area (TPSA) is 92.9 Å². The van der Waals surface area contributed by atoms with E-state index in [1.165, 1.54) is 4.80 Å². The minimum atomic E-state index is -0.861. The van der Waals surface area contributed by atoms with Crippen molar-refractivity contribution >= 4 is 5.97 Å². The Hall–Kier alpha value is -2.28. The molecule has 0 aliphatic rings. The molecule has 0 spiro atoms. The zero-order chi connectivity index (χ0) is 17.8. The maximum atomic E-state index is 10.7. The van der Waals surface area contributed by atoms with Crippen LogP contribution in [0.4, 0.5) is 0 Å². The van der Waals surface area contributed by atoms with Gasteiger partial charge in [-0.2, -0.15) is 4.80 Å². The third-order valence-corrected chi connectivity index (χ3v) is 2.70. The number of tetrazole rings is 1. The number of aryl methyl sites for hydroxylation is 1. The first-order chi connectivity index (χ1) is 11.1. The minimum Gasteiger partial charge on any atom is -0.480 e. The van der Waals surface area contributed by atoms with Crippen molar-refractivity contribution in [2.75, 3.05) is 0 Å². The summed E-state index contributed by atoms with van der Waals surface area (Å²) in [5.74, 6) is -0.290. The van der Waals surface area contributed by atoms with Crippen molar-refractivity contribution in [2.45, 2.75) is 47.2 Å². The largest absolute Gasteiger partial charge is 0.480 e. The van der Waals surface area contributed by atoms with E-state index >= 15 is 0 Å². The van der Waals surface area contributed by atoms with E-state index in [1.54, 1.807) is 14.0 Å². The number of nitrogens with zero attached hydrogens (tertiary/aromatic N) is 4. The zero-order valence-corrected chi connectivity index (χ0v) is 14.7. The average molecular weight is 321 g/mol. The van der Waals surface area contributed by atoms with Gasteiger partial charge in [0.2, 0.25) is 5.82 Å². The van der Waals surface area contributed by atoms with E-state index in [-0.39, 0.29) is 0 Å². The summed E-state index contributed by atoms with van der Waals surface area (Å²) < 4.78 is 0. The molecule has 0 bridgehead atoms. The van der Waals surface area contributed by atoms with Crippen LogP contribution in [0, 0.1) is 0 Å². The van der Waals surface area contributed by atoms with Crippen molar-refractivity contribution in [1.82, 2.24) is 25.5 Å². The highest BCUT2D eigenvalue weighted by molar-refractivity contribution is 5.72. The van der Waals surface area contributed by atoms with Crippen molar-refractivity contribution in [2.24, 2.45) is 7.05 Å². The van der Waals surface area contributed by atoms with Crippen LogP contribution in [0.25, 0.3) is 11.4 Å². The molecule has 23 heavy (non-hydrogen) atoms. The van der Waals surface area contributed by atoms with Gasteiger partial charge >= 0.3 is 5.97 Å². The van der Waals surface area contributed by atoms with Crippen molar-refractivity contribution in [3.63, 3.8) is 0 Å². The van der Waals surface area contributed by atoms with Crippen LogP contribution in [0.5, 0.6) is 0 Å². The third kappa shape index (κ3) is 7.01. The normalized spacial score (nSPS) is 10.7. The SMILES string of the molecule is CC.CC.CC(NCc1ccc(-c2nnn(C)n2)cc1)C(=O)O. The predicted octanol–water partition coefficient (Wildman–Crippen LogP) is 2.49. The molecule has 0 aliphatic heterocycles.